The smallest absolute Gasteiger partial charge is 0.261 e. The first-order valence-corrected chi connectivity index (χ1v) is 6.52. The Bertz CT molecular complexity index is 526. The molecule has 17 heavy (non-hydrogen) atoms. The number of nitrogen functional groups attached to an aromatic ring is 2. The van der Waals surface area contributed by atoms with Crippen LogP contribution in [0.1, 0.15) is 10.4 Å². The summed E-state index contributed by atoms with van der Waals surface area (Å²) in [4.78, 5) is 11.8. The number of anilines is 2. The van der Waals surface area contributed by atoms with Crippen LogP contribution >= 0.6 is 23.3 Å². The standard InChI is InChI=1S/C11H11N3OS2/c12-8-4-3-7(6-9(8)13)11(15)14-17-10-2-1-5-16-10/h1-6H,12-13H2,(H,14,15). The molecule has 88 valence electrons. The highest BCUT2D eigenvalue weighted by Gasteiger charge is 2.07. The Morgan fingerprint density at radius 1 is 1.24 bits per heavy atom. The van der Waals surface area contributed by atoms with Crippen molar-refractivity contribution >= 4 is 40.6 Å². The van der Waals surface area contributed by atoms with Crippen molar-refractivity contribution < 1.29 is 4.79 Å². The van der Waals surface area contributed by atoms with Crippen LogP contribution in [-0.4, -0.2) is 5.91 Å². The Morgan fingerprint density at radius 3 is 2.71 bits per heavy atom. The molecule has 0 saturated heterocycles. The highest BCUT2D eigenvalue weighted by Crippen LogP contribution is 2.21. The molecule has 2 aromatic rings. The van der Waals surface area contributed by atoms with Gasteiger partial charge >= 0.3 is 0 Å². The summed E-state index contributed by atoms with van der Waals surface area (Å²) in [6.45, 7) is 0. The summed E-state index contributed by atoms with van der Waals surface area (Å²) in [5, 5.41) is 1.95. The van der Waals surface area contributed by atoms with Gasteiger partial charge in [0.25, 0.3) is 5.91 Å². The fraction of sp³-hybridized carbons (Fsp3) is 0. The van der Waals surface area contributed by atoms with E-state index in [1.807, 2.05) is 17.5 Å². The van der Waals surface area contributed by atoms with E-state index in [4.69, 9.17) is 11.5 Å². The quantitative estimate of drug-likeness (QED) is 0.588. The average molecular weight is 265 g/mol. The van der Waals surface area contributed by atoms with E-state index in [1.54, 1.807) is 29.5 Å². The fourth-order valence-corrected chi connectivity index (χ4v) is 2.58. The molecule has 0 aliphatic carbocycles. The summed E-state index contributed by atoms with van der Waals surface area (Å²) in [5.74, 6) is -0.185. The van der Waals surface area contributed by atoms with Crippen molar-refractivity contribution in [2.75, 3.05) is 11.5 Å². The van der Waals surface area contributed by atoms with Gasteiger partial charge in [0.1, 0.15) is 0 Å². The molecule has 1 amide bonds. The number of thiophene rings is 1. The number of hydrogen-bond donors (Lipinski definition) is 3. The van der Waals surface area contributed by atoms with Gasteiger partial charge in [0.05, 0.1) is 15.6 Å². The zero-order valence-electron chi connectivity index (χ0n) is 8.84. The van der Waals surface area contributed by atoms with Gasteiger partial charge in [0.2, 0.25) is 0 Å². The number of nitrogens with one attached hydrogen (secondary N) is 1. The van der Waals surface area contributed by atoms with Gasteiger partial charge in [0.15, 0.2) is 0 Å². The third-order valence-electron chi connectivity index (χ3n) is 2.09. The zero-order chi connectivity index (χ0) is 12.3. The van der Waals surface area contributed by atoms with E-state index >= 15 is 0 Å². The Balaban J connectivity index is 2.02. The summed E-state index contributed by atoms with van der Waals surface area (Å²) in [6.07, 6.45) is 0. The fourth-order valence-electron chi connectivity index (χ4n) is 1.19. The molecule has 0 spiro atoms. The number of carbonyl (C=O) groups excluding carboxylic acids is 1. The second-order valence-electron chi connectivity index (χ2n) is 3.31. The molecule has 1 aromatic carbocycles. The summed E-state index contributed by atoms with van der Waals surface area (Å²) >= 11 is 2.86. The Hall–Kier alpha value is -1.66. The van der Waals surface area contributed by atoms with Crippen LogP contribution in [0.25, 0.3) is 0 Å². The van der Waals surface area contributed by atoms with E-state index in [0.717, 1.165) is 4.21 Å². The van der Waals surface area contributed by atoms with Crippen molar-refractivity contribution in [1.29, 1.82) is 0 Å². The predicted octanol–water partition coefficient (Wildman–Crippen LogP) is 2.35. The van der Waals surface area contributed by atoms with Crippen LogP contribution in [0.3, 0.4) is 0 Å². The Labute approximate surface area is 107 Å². The second kappa shape index (κ2) is 5.11. The molecular formula is C11H11N3OS2. The number of amides is 1. The maximum absolute atomic E-state index is 11.8. The van der Waals surface area contributed by atoms with Crippen LogP contribution in [0.4, 0.5) is 11.4 Å². The van der Waals surface area contributed by atoms with Gasteiger partial charge in [-0.3, -0.25) is 9.52 Å². The summed E-state index contributed by atoms with van der Waals surface area (Å²) < 4.78 is 3.77. The molecule has 0 aliphatic heterocycles. The van der Waals surface area contributed by atoms with Crippen molar-refractivity contribution in [2.45, 2.75) is 4.21 Å². The Kier molecular flexibility index (Phi) is 3.55. The van der Waals surface area contributed by atoms with Crippen molar-refractivity contribution in [3.63, 3.8) is 0 Å². The lowest BCUT2D eigenvalue weighted by molar-refractivity contribution is 0.0984. The van der Waals surface area contributed by atoms with Gasteiger partial charge in [0, 0.05) is 5.56 Å². The molecule has 2 rings (SSSR count). The van der Waals surface area contributed by atoms with Gasteiger partial charge in [-0.05, 0) is 41.6 Å². The minimum atomic E-state index is -0.185. The molecule has 0 atom stereocenters. The van der Waals surface area contributed by atoms with E-state index in [1.165, 1.54) is 11.9 Å². The Morgan fingerprint density at radius 2 is 2.06 bits per heavy atom. The van der Waals surface area contributed by atoms with E-state index in [2.05, 4.69) is 4.72 Å². The van der Waals surface area contributed by atoms with Gasteiger partial charge in [-0.2, -0.15) is 0 Å². The molecule has 0 aliphatic rings. The van der Waals surface area contributed by atoms with Crippen molar-refractivity contribution in [3.8, 4) is 0 Å². The maximum atomic E-state index is 11.8. The molecule has 5 N–H and O–H groups in total. The third-order valence-corrected chi connectivity index (χ3v) is 3.91. The average Bonchev–Trinajstić information content (AvgIpc) is 2.82. The first kappa shape index (κ1) is 11.8. The molecule has 1 heterocycles. The van der Waals surface area contributed by atoms with E-state index < -0.39 is 0 Å². The molecule has 0 unspecified atom stereocenters. The lowest BCUT2D eigenvalue weighted by Gasteiger charge is -2.05. The van der Waals surface area contributed by atoms with Crippen LogP contribution in [0.15, 0.2) is 39.9 Å². The number of nitrogens with two attached hydrogens (primary N) is 2. The number of hydrogen-bond acceptors (Lipinski definition) is 5. The van der Waals surface area contributed by atoms with Gasteiger partial charge in [-0.15, -0.1) is 11.3 Å². The van der Waals surface area contributed by atoms with E-state index in [-0.39, 0.29) is 5.91 Å². The first-order valence-electron chi connectivity index (χ1n) is 4.82. The largest absolute Gasteiger partial charge is 0.397 e. The first-order chi connectivity index (χ1) is 8.16. The van der Waals surface area contributed by atoms with Crippen LogP contribution in [-0.2, 0) is 0 Å². The van der Waals surface area contributed by atoms with Gasteiger partial charge in [-0.1, -0.05) is 6.07 Å². The minimum Gasteiger partial charge on any atom is -0.397 e. The highest BCUT2D eigenvalue weighted by atomic mass is 32.2. The maximum Gasteiger partial charge on any atom is 0.261 e. The lowest BCUT2D eigenvalue weighted by Crippen LogP contribution is -2.15. The van der Waals surface area contributed by atoms with Crippen LogP contribution in [0, 0.1) is 0 Å². The molecule has 4 nitrogen and oxygen atoms in total. The minimum absolute atomic E-state index is 0.185. The van der Waals surface area contributed by atoms with Crippen LogP contribution in [0.2, 0.25) is 0 Å². The normalized spacial score (nSPS) is 10.1. The van der Waals surface area contributed by atoms with Crippen molar-refractivity contribution in [2.24, 2.45) is 0 Å². The van der Waals surface area contributed by atoms with Crippen LogP contribution in [0.5, 0.6) is 0 Å². The predicted molar refractivity (Wildman–Crippen MR) is 72.9 cm³/mol. The number of carbonyl (C=O) groups is 1. The lowest BCUT2D eigenvalue weighted by atomic mass is 10.2. The molecule has 0 saturated carbocycles. The number of rotatable bonds is 3. The van der Waals surface area contributed by atoms with Crippen molar-refractivity contribution in [1.82, 2.24) is 4.72 Å². The number of benzene rings is 1. The highest BCUT2D eigenvalue weighted by molar-refractivity contribution is 7.99. The SMILES string of the molecule is Nc1ccc(C(=O)NSc2cccs2)cc1N. The second-order valence-corrected chi connectivity index (χ2v) is 5.36. The van der Waals surface area contributed by atoms with Crippen molar-refractivity contribution in [3.05, 3.63) is 41.3 Å². The molecule has 6 heteroatoms. The summed E-state index contributed by atoms with van der Waals surface area (Å²) in [6, 6.07) is 8.71. The van der Waals surface area contributed by atoms with Gasteiger partial charge < -0.3 is 11.5 Å². The molecule has 0 bridgehead atoms. The molecule has 1 aromatic heterocycles. The zero-order valence-corrected chi connectivity index (χ0v) is 10.5. The third kappa shape index (κ3) is 2.92. The van der Waals surface area contributed by atoms with E-state index in [0.29, 0.717) is 16.9 Å². The molecule has 0 radical (unpaired) electrons. The monoisotopic (exact) mass is 265 g/mol. The van der Waals surface area contributed by atoms with E-state index in [9.17, 15) is 4.79 Å². The van der Waals surface area contributed by atoms with Gasteiger partial charge in [-0.25, -0.2) is 0 Å². The summed E-state index contributed by atoms with van der Waals surface area (Å²) in [5.41, 5.74) is 12.6. The molecular weight excluding hydrogens is 254 g/mol. The summed E-state index contributed by atoms with van der Waals surface area (Å²) in [7, 11) is 0. The molecule has 0 fully saturated rings. The van der Waals surface area contributed by atoms with Crippen LogP contribution < -0.4 is 16.2 Å². The topological polar surface area (TPSA) is 81.1 Å².